The second kappa shape index (κ2) is 3.04. The molecule has 2 rings (SSSR count). The third kappa shape index (κ3) is 1.42. The average Bonchev–Trinajstić information content (AvgIpc) is 2.12. The molecule has 2 N–H and O–H groups in total. The van der Waals surface area contributed by atoms with Crippen molar-refractivity contribution < 1.29 is 0 Å². The van der Waals surface area contributed by atoms with Crippen molar-refractivity contribution >= 4 is 5.69 Å². The van der Waals surface area contributed by atoms with E-state index in [0.717, 1.165) is 13.0 Å². The molecule has 0 saturated heterocycles. The van der Waals surface area contributed by atoms with Gasteiger partial charge in [0.1, 0.15) is 0 Å². The molecule has 0 spiro atoms. The fourth-order valence-electron chi connectivity index (χ4n) is 1.91. The van der Waals surface area contributed by atoms with Gasteiger partial charge in [-0.3, -0.25) is 0 Å². The highest BCUT2D eigenvalue weighted by Crippen LogP contribution is 2.31. The maximum absolute atomic E-state index is 6.03. The molecule has 1 aliphatic heterocycles. The van der Waals surface area contributed by atoms with E-state index in [1.165, 1.54) is 16.8 Å². The van der Waals surface area contributed by atoms with Crippen molar-refractivity contribution in [3.05, 3.63) is 29.3 Å². The zero-order valence-corrected chi connectivity index (χ0v) is 8.25. The lowest BCUT2D eigenvalue weighted by molar-refractivity contribution is 0.614. The summed E-state index contributed by atoms with van der Waals surface area (Å²) in [5, 5.41) is 0. The Bertz CT molecular complexity index is 320. The minimum Gasteiger partial charge on any atom is -0.374 e. The second-order valence-electron chi connectivity index (χ2n) is 3.88. The molecule has 1 aromatic rings. The van der Waals surface area contributed by atoms with Crippen LogP contribution in [0, 0.1) is 6.92 Å². The first-order chi connectivity index (χ1) is 6.18. The molecule has 1 aromatic carbocycles. The van der Waals surface area contributed by atoms with Gasteiger partial charge in [0.05, 0.1) is 0 Å². The van der Waals surface area contributed by atoms with Crippen LogP contribution >= 0.6 is 0 Å². The normalized spacial score (nSPS) is 21.5. The van der Waals surface area contributed by atoms with E-state index >= 15 is 0 Å². The molecule has 1 aliphatic rings. The van der Waals surface area contributed by atoms with Gasteiger partial charge in [0.15, 0.2) is 0 Å². The lowest BCUT2D eigenvalue weighted by atomic mass is 9.96. The molecule has 1 heterocycles. The van der Waals surface area contributed by atoms with Gasteiger partial charge in [0.2, 0.25) is 0 Å². The van der Waals surface area contributed by atoms with Crippen LogP contribution in [0.2, 0.25) is 0 Å². The van der Waals surface area contributed by atoms with Gasteiger partial charge in [-0.25, -0.2) is 0 Å². The molecule has 0 aliphatic carbocycles. The fourth-order valence-corrected chi connectivity index (χ4v) is 1.91. The number of nitrogens with two attached hydrogens (primary N) is 1. The van der Waals surface area contributed by atoms with Crippen molar-refractivity contribution in [2.75, 3.05) is 18.5 Å². The molecular weight excluding hydrogens is 160 g/mol. The molecular formula is C11H16N2. The van der Waals surface area contributed by atoms with Crippen LogP contribution < -0.4 is 10.6 Å². The molecule has 0 bridgehead atoms. The Morgan fingerprint density at radius 2 is 2.23 bits per heavy atom. The first-order valence-corrected chi connectivity index (χ1v) is 4.76. The molecule has 2 nitrogen and oxygen atoms in total. The first-order valence-electron chi connectivity index (χ1n) is 4.76. The van der Waals surface area contributed by atoms with Crippen molar-refractivity contribution in [1.29, 1.82) is 0 Å². The summed E-state index contributed by atoms with van der Waals surface area (Å²) in [4.78, 5) is 2.28. The van der Waals surface area contributed by atoms with Crippen molar-refractivity contribution in [1.82, 2.24) is 0 Å². The molecule has 0 saturated carbocycles. The van der Waals surface area contributed by atoms with Crippen molar-refractivity contribution in [2.45, 2.75) is 19.4 Å². The van der Waals surface area contributed by atoms with Gasteiger partial charge in [-0.2, -0.15) is 0 Å². The second-order valence-corrected chi connectivity index (χ2v) is 3.88. The summed E-state index contributed by atoms with van der Waals surface area (Å²) in [5.41, 5.74) is 9.93. The summed E-state index contributed by atoms with van der Waals surface area (Å²) in [7, 11) is 2.13. The quantitative estimate of drug-likeness (QED) is 0.653. The fraction of sp³-hybridized carbons (Fsp3) is 0.455. The topological polar surface area (TPSA) is 29.3 Å². The lowest BCUT2D eigenvalue weighted by Gasteiger charge is -2.31. The molecule has 70 valence electrons. The minimum atomic E-state index is 0.229. The first kappa shape index (κ1) is 8.57. The van der Waals surface area contributed by atoms with E-state index in [9.17, 15) is 0 Å². The van der Waals surface area contributed by atoms with E-state index in [4.69, 9.17) is 5.73 Å². The lowest BCUT2D eigenvalue weighted by Crippen LogP contribution is -2.30. The largest absolute Gasteiger partial charge is 0.374 e. The van der Waals surface area contributed by atoms with E-state index < -0.39 is 0 Å². The Morgan fingerprint density at radius 3 is 3.00 bits per heavy atom. The summed E-state index contributed by atoms with van der Waals surface area (Å²) in [6.07, 6.45) is 1.06. The minimum absolute atomic E-state index is 0.229. The van der Waals surface area contributed by atoms with Crippen LogP contribution in [0.4, 0.5) is 5.69 Å². The third-order valence-corrected chi connectivity index (χ3v) is 2.77. The number of nitrogens with zero attached hydrogens (tertiary/aromatic N) is 1. The third-order valence-electron chi connectivity index (χ3n) is 2.77. The highest BCUT2D eigenvalue weighted by Gasteiger charge is 2.19. The number of aryl methyl sites for hydroxylation is 1. The Labute approximate surface area is 79.4 Å². The Morgan fingerprint density at radius 1 is 1.46 bits per heavy atom. The van der Waals surface area contributed by atoms with E-state index in [1.807, 2.05) is 0 Å². The highest BCUT2D eigenvalue weighted by atomic mass is 15.1. The number of benzene rings is 1. The zero-order valence-electron chi connectivity index (χ0n) is 8.25. The van der Waals surface area contributed by atoms with Crippen LogP contribution in [0.25, 0.3) is 0 Å². The van der Waals surface area contributed by atoms with Gasteiger partial charge in [-0.05, 0) is 30.5 Å². The molecule has 0 radical (unpaired) electrons. The van der Waals surface area contributed by atoms with Crippen LogP contribution in [0.3, 0.4) is 0 Å². The predicted molar refractivity (Wildman–Crippen MR) is 56.0 cm³/mol. The van der Waals surface area contributed by atoms with Gasteiger partial charge >= 0.3 is 0 Å². The van der Waals surface area contributed by atoms with E-state index in [-0.39, 0.29) is 6.04 Å². The molecule has 13 heavy (non-hydrogen) atoms. The SMILES string of the molecule is Cc1ccc2c(c1)N(C)CCC2N. The standard InChI is InChI=1S/C11H16N2/c1-8-3-4-9-10(12)5-6-13(2)11(9)7-8/h3-4,7,10H,5-6,12H2,1-2H3. The molecule has 0 aromatic heterocycles. The van der Waals surface area contributed by atoms with Gasteiger partial charge in [0.25, 0.3) is 0 Å². The van der Waals surface area contributed by atoms with Crippen LogP contribution in [0.15, 0.2) is 18.2 Å². The van der Waals surface area contributed by atoms with Crippen LogP contribution in [0.1, 0.15) is 23.6 Å². The van der Waals surface area contributed by atoms with E-state index in [1.54, 1.807) is 0 Å². The average molecular weight is 176 g/mol. The van der Waals surface area contributed by atoms with Crippen LogP contribution in [-0.4, -0.2) is 13.6 Å². The molecule has 0 fully saturated rings. The number of hydrogen-bond acceptors (Lipinski definition) is 2. The maximum atomic E-state index is 6.03. The summed E-state index contributed by atoms with van der Waals surface area (Å²) in [6.45, 7) is 3.19. The van der Waals surface area contributed by atoms with E-state index in [0.29, 0.717) is 0 Å². The maximum Gasteiger partial charge on any atom is 0.0414 e. The van der Waals surface area contributed by atoms with Gasteiger partial charge in [0, 0.05) is 25.3 Å². The summed E-state index contributed by atoms with van der Waals surface area (Å²) < 4.78 is 0. The molecule has 1 atom stereocenters. The van der Waals surface area contributed by atoms with Crippen molar-refractivity contribution in [2.24, 2.45) is 5.73 Å². The summed E-state index contributed by atoms with van der Waals surface area (Å²) >= 11 is 0. The Hall–Kier alpha value is -1.02. The predicted octanol–water partition coefficient (Wildman–Crippen LogP) is 1.83. The van der Waals surface area contributed by atoms with Gasteiger partial charge in [-0.15, -0.1) is 0 Å². The molecule has 0 amide bonds. The number of anilines is 1. The number of hydrogen-bond donors (Lipinski definition) is 1. The highest BCUT2D eigenvalue weighted by molar-refractivity contribution is 5.57. The van der Waals surface area contributed by atoms with Crippen LogP contribution in [-0.2, 0) is 0 Å². The van der Waals surface area contributed by atoms with Crippen molar-refractivity contribution in [3.8, 4) is 0 Å². The Kier molecular flexibility index (Phi) is 2.00. The van der Waals surface area contributed by atoms with E-state index in [2.05, 4.69) is 37.1 Å². The number of rotatable bonds is 0. The number of fused-ring (bicyclic) bond motifs is 1. The van der Waals surface area contributed by atoms with Gasteiger partial charge in [-0.1, -0.05) is 12.1 Å². The summed E-state index contributed by atoms with van der Waals surface area (Å²) in [5.74, 6) is 0. The van der Waals surface area contributed by atoms with Gasteiger partial charge < -0.3 is 10.6 Å². The summed E-state index contributed by atoms with van der Waals surface area (Å²) in [6, 6.07) is 6.74. The zero-order chi connectivity index (χ0) is 9.42. The smallest absolute Gasteiger partial charge is 0.0414 e. The Balaban J connectivity index is 2.50. The van der Waals surface area contributed by atoms with Crippen LogP contribution in [0.5, 0.6) is 0 Å². The monoisotopic (exact) mass is 176 g/mol. The molecule has 2 heteroatoms. The van der Waals surface area contributed by atoms with Crippen molar-refractivity contribution in [3.63, 3.8) is 0 Å². The molecule has 1 unspecified atom stereocenters.